The minimum atomic E-state index is -3.60. The van der Waals surface area contributed by atoms with E-state index in [1.807, 2.05) is 0 Å². The summed E-state index contributed by atoms with van der Waals surface area (Å²) < 4.78 is 30.5. The number of nitrogens with one attached hydrogen (secondary N) is 1. The summed E-state index contributed by atoms with van der Waals surface area (Å²) in [5.74, 6) is -0.842. The van der Waals surface area contributed by atoms with Crippen LogP contribution in [0.5, 0.6) is 0 Å². The van der Waals surface area contributed by atoms with Crippen LogP contribution in [0.2, 0.25) is 0 Å². The standard InChI is InChI=1S/C7H8N2O3S/c1-13(11,12)9-7(10)6-3-2-4-8-5-6/h2-5H,1H3,(H,9,10)/i3D. The van der Waals surface area contributed by atoms with E-state index in [2.05, 4.69) is 4.98 Å². The molecule has 5 nitrogen and oxygen atoms in total. The van der Waals surface area contributed by atoms with Crippen LogP contribution in [0.4, 0.5) is 0 Å². The Balaban J connectivity index is 2.97. The first-order chi connectivity index (χ1) is 6.40. The lowest BCUT2D eigenvalue weighted by atomic mass is 10.3. The molecule has 0 aromatic carbocycles. The van der Waals surface area contributed by atoms with E-state index >= 15 is 0 Å². The van der Waals surface area contributed by atoms with Crippen molar-refractivity contribution in [1.29, 1.82) is 0 Å². The number of pyridine rings is 1. The van der Waals surface area contributed by atoms with Gasteiger partial charge in [-0.25, -0.2) is 13.1 Å². The molecule has 0 spiro atoms. The summed E-state index contributed by atoms with van der Waals surface area (Å²) in [5.41, 5.74) is -0.0714. The molecule has 1 amide bonds. The lowest BCUT2D eigenvalue weighted by Gasteiger charge is -2.00. The van der Waals surface area contributed by atoms with Crippen LogP contribution in [-0.2, 0) is 10.0 Å². The summed E-state index contributed by atoms with van der Waals surface area (Å²) in [7, 11) is -3.60. The third-order valence-electron chi connectivity index (χ3n) is 1.13. The van der Waals surface area contributed by atoms with Crippen LogP contribution in [0.25, 0.3) is 0 Å². The summed E-state index contributed by atoms with van der Waals surface area (Å²) in [4.78, 5) is 14.9. The molecule has 0 aliphatic carbocycles. The van der Waals surface area contributed by atoms with Gasteiger partial charge in [-0.3, -0.25) is 9.78 Å². The summed E-state index contributed by atoms with van der Waals surface area (Å²) in [5, 5.41) is 0. The summed E-state index contributed by atoms with van der Waals surface area (Å²) in [6.45, 7) is 0. The fraction of sp³-hybridized carbons (Fsp3) is 0.143. The quantitative estimate of drug-likeness (QED) is 0.717. The Morgan fingerprint density at radius 1 is 1.69 bits per heavy atom. The Kier molecular flexibility index (Phi) is 2.22. The molecule has 13 heavy (non-hydrogen) atoms. The smallest absolute Gasteiger partial charge is 0.266 e. The van der Waals surface area contributed by atoms with Crippen molar-refractivity contribution in [3.8, 4) is 0 Å². The molecule has 1 aromatic heterocycles. The van der Waals surface area contributed by atoms with Crippen molar-refractivity contribution in [2.45, 2.75) is 0 Å². The molecule has 0 bridgehead atoms. The Hall–Kier alpha value is -1.43. The fourth-order valence-corrected chi connectivity index (χ4v) is 1.12. The normalized spacial score (nSPS) is 11.9. The molecule has 0 saturated carbocycles. The molecule has 0 aliphatic rings. The van der Waals surface area contributed by atoms with E-state index in [0.717, 1.165) is 12.5 Å². The highest BCUT2D eigenvalue weighted by atomic mass is 32.2. The maximum absolute atomic E-state index is 11.2. The number of carbonyl (C=O) groups is 1. The molecule has 0 unspecified atom stereocenters. The van der Waals surface area contributed by atoms with Crippen molar-refractivity contribution in [1.82, 2.24) is 9.71 Å². The van der Waals surface area contributed by atoms with Crippen LogP contribution < -0.4 is 4.72 Å². The largest absolute Gasteiger partial charge is 0.268 e. The maximum Gasteiger partial charge on any atom is 0.266 e. The average Bonchev–Trinajstić information content (AvgIpc) is 2.01. The molecule has 1 N–H and O–H groups in total. The van der Waals surface area contributed by atoms with Crippen molar-refractivity contribution in [3.05, 3.63) is 30.1 Å². The number of aromatic nitrogens is 1. The van der Waals surface area contributed by atoms with Gasteiger partial charge < -0.3 is 0 Å². The van der Waals surface area contributed by atoms with Crippen LogP contribution in [0.15, 0.2) is 24.5 Å². The Labute approximate surface area is 77.3 Å². The van der Waals surface area contributed by atoms with Crippen LogP contribution in [-0.4, -0.2) is 25.6 Å². The molecule has 0 radical (unpaired) electrons. The molecule has 70 valence electrons. The van der Waals surface area contributed by atoms with Crippen molar-refractivity contribution < 1.29 is 14.6 Å². The molecule has 1 aromatic rings. The summed E-state index contributed by atoms with van der Waals surface area (Å²) in [6.07, 6.45) is 3.35. The first kappa shape index (κ1) is 8.18. The second-order valence-electron chi connectivity index (χ2n) is 2.36. The number of hydrogen-bond donors (Lipinski definition) is 1. The van der Waals surface area contributed by atoms with Gasteiger partial charge in [-0.2, -0.15) is 0 Å². The molecule has 0 fully saturated rings. The van der Waals surface area contributed by atoms with Crippen molar-refractivity contribution in [2.75, 3.05) is 6.26 Å². The van der Waals surface area contributed by atoms with Crippen molar-refractivity contribution in [2.24, 2.45) is 0 Å². The van der Waals surface area contributed by atoms with Gasteiger partial charge in [-0.1, -0.05) is 0 Å². The number of sulfonamides is 1. The van der Waals surface area contributed by atoms with Crippen molar-refractivity contribution >= 4 is 15.9 Å². The molecule has 1 rings (SSSR count). The van der Waals surface area contributed by atoms with Gasteiger partial charge in [-0.05, 0) is 12.1 Å². The van der Waals surface area contributed by atoms with Crippen molar-refractivity contribution in [3.63, 3.8) is 0 Å². The van der Waals surface area contributed by atoms with Crippen LogP contribution in [0.1, 0.15) is 11.7 Å². The van der Waals surface area contributed by atoms with Gasteiger partial charge in [0.15, 0.2) is 0 Å². The van der Waals surface area contributed by atoms with E-state index in [0.29, 0.717) is 0 Å². The zero-order valence-corrected chi connectivity index (χ0v) is 7.63. The highest BCUT2D eigenvalue weighted by Crippen LogP contribution is 1.95. The predicted molar refractivity (Wildman–Crippen MR) is 46.5 cm³/mol. The van der Waals surface area contributed by atoms with Gasteiger partial charge >= 0.3 is 0 Å². The first-order valence-electron chi connectivity index (χ1n) is 3.83. The van der Waals surface area contributed by atoms with E-state index in [4.69, 9.17) is 1.37 Å². The molecule has 0 atom stereocenters. The topological polar surface area (TPSA) is 76.1 Å². The maximum atomic E-state index is 11.2. The lowest BCUT2D eigenvalue weighted by Crippen LogP contribution is -2.29. The van der Waals surface area contributed by atoms with Gasteiger partial charge in [0.1, 0.15) is 0 Å². The molecular weight excluding hydrogens is 192 g/mol. The number of rotatable bonds is 2. The number of nitrogens with zero attached hydrogens (tertiary/aromatic N) is 1. The van der Waals surface area contributed by atoms with Crippen LogP contribution in [0, 0.1) is 0 Å². The predicted octanol–water partition coefficient (Wildman–Crippen LogP) is -0.229. The summed E-state index contributed by atoms with van der Waals surface area (Å²) >= 11 is 0. The Bertz CT molecular complexity index is 458. The molecule has 6 heteroatoms. The second kappa shape index (κ2) is 3.53. The van der Waals surface area contributed by atoms with Gasteiger partial charge in [0.2, 0.25) is 10.0 Å². The highest BCUT2D eigenvalue weighted by molar-refractivity contribution is 7.89. The SMILES string of the molecule is [2H]c1ccncc1C(=O)NS(C)(=O)=O. The molecule has 0 saturated heterocycles. The molecular formula is C7H8N2O3S. The minimum absolute atomic E-state index is 0.0684. The van der Waals surface area contributed by atoms with Gasteiger partial charge in [-0.15, -0.1) is 0 Å². The van der Waals surface area contributed by atoms with E-state index in [1.54, 1.807) is 4.72 Å². The van der Waals surface area contributed by atoms with Gasteiger partial charge in [0.25, 0.3) is 5.91 Å². The third-order valence-corrected chi connectivity index (χ3v) is 1.68. The number of carbonyl (C=O) groups excluding carboxylic acids is 1. The van der Waals surface area contributed by atoms with E-state index in [9.17, 15) is 13.2 Å². The highest BCUT2D eigenvalue weighted by Gasteiger charge is 2.09. The zero-order chi connectivity index (χ0) is 10.8. The number of amides is 1. The first-order valence-corrected chi connectivity index (χ1v) is 5.22. The second-order valence-corrected chi connectivity index (χ2v) is 4.10. The number of hydrogen-bond acceptors (Lipinski definition) is 4. The third kappa shape index (κ3) is 3.20. The molecule has 1 heterocycles. The van der Waals surface area contributed by atoms with Gasteiger partial charge in [0.05, 0.1) is 13.2 Å². The Morgan fingerprint density at radius 3 is 2.92 bits per heavy atom. The zero-order valence-electron chi connectivity index (χ0n) is 7.81. The van der Waals surface area contributed by atoms with E-state index in [1.165, 1.54) is 12.3 Å². The minimum Gasteiger partial charge on any atom is -0.268 e. The van der Waals surface area contributed by atoms with E-state index < -0.39 is 15.9 Å². The van der Waals surface area contributed by atoms with Crippen LogP contribution in [0.3, 0.4) is 0 Å². The average molecular weight is 201 g/mol. The monoisotopic (exact) mass is 201 g/mol. The summed E-state index contributed by atoms with van der Waals surface area (Å²) in [6, 6.07) is 1.23. The lowest BCUT2D eigenvalue weighted by molar-refractivity contribution is 0.0981. The van der Waals surface area contributed by atoms with E-state index in [-0.39, 0.29) is 11.6 Å². The van der Waals surface area contributed by atoms with Gasteiger partial charge in [0, 0.05) is 12.4 Å². The molecule has 0 aliphatic heterocycles. The Morgan fingerprint density at radius 2 is 2.38 bits per heavy atom. The van der Waals surface area contributed by atoms with Crippen LogP contribution >= 0.6 is 0 Å². The fourth-order valence-electron chi connectivity index (χ4n) is 0.672.